The van der Waals surface area contributed by atoms with Crippen LogP contribution in [0.3, 0.4) is 0 Å². The van der Waals surface area contributed by atoms with Crippen molar-refractivity contribution < 1.29 is 13.2 Å². The van der Waals surface area contributed by atoms with Crippen LogP contribution < -0.4 is 14.4 Å². The number of aryl methyl sites for hydroxylation is 1. The minimum absolute atomic E-state index is 0.144. The van der Waals surface area contributed by atoms with Gasteiger partial charge in [-0.3, -0.25) is 4.72 Å². The maximum atomic E-state index is 12.8. The molecule has 0 amide bonds. The fourth-order valence-corrected chi connectivity index (χ4v) is 4.76. The van der Waals surface area contributed by atoms with Gasteiger partial charge in [-0.1, -0.05) is 18.2 Å². The zero-order valence-corrected chi connectivity index (χ0v) is 18.5. The molecule has 1 aliphatic rings. The highest BCUT2D eigenvalue weighted by Gasteiger charge is 2.17. The summed E-state index contributed by atoms with van der Waals surface area (Å²) in [6, 6.07) is 15.9. The quantitative estimate of drug-likeness (QED) is 0.619. The second kappa shape index (κ2) is 8.93. The molecule has 31 heavy (non-hydrogen) atoms. The monoisotopic (exact) mass is 438 g/mol. The summed E-state index contributed by atoms with van der Waals surface area (Å²) in [5, 5.41) is 8.75. The lowest BCUT2D eigenvalue weighted by molar-refractivity contribution is 0.410. The van der Waals surface area contributed by atoms with Gasteiger partial charge < -0.3 is 9.64 Å². The van der Waals surface area contributed by atoms with Gasteiger partial charge in [0.25, 0.3) is 10.0 Å². The number of ether oxygens (including phenoxy) is 1. The molecule has 0 unspecified atom stereocenters. The number of rotatable bonds is 6. The van der Waals surface area contributed by atoms with Crippen molar-refractivity contribution >= 4 is 21.5 Å². The largest absolute Gasteiger partial charge is 0.496 e. The summed E-state index contributed by atoms with van der Waals surface area (Å²) in [4.78, 5) is 2.40. The van der Waals surface area contributed by atoms with Crippen molar-refractivity contribution in [3.8, 4) is 17.0 Å². The molecule has 0 radical (unpaired) electrons. The summed E-state index contributed by atoms with van der Waals surface area (Å²) < 4.78 is 33.6. The standard InChI is InChI=1S/C23H26N4O3S/c1-17-9-10-20(16-22(17)30-2)31(28,29)26-19-8-6-7-18(15-19)21-11-12-23(25-24-21)27-13-4-3-5-14-27/h6-12,15-16,26H,3-5,13-14H2,1-2H3. The van der Waals surface area contributed by atoms with Gasteiger partial charge in [0.05, 0.1) is 17.7 Å². The van der Waals surface area contributed by atoms with Gasteiger partial charge >= 0.3 is 0 Å². The van der Waals surface area contributed by atoms with E-state index in [0.29, 0.717) is 17.1 Å². The van der Waals surface area contributed by atoms with Gasteiger partial charge in [-0.05, 0) is 62.1 Å². The molecular weight excluding hydrogens is 412 g/mol. The maximum Gasteiger partial charge on any atom is 0.262 e. The molecule has 162 valence electrons. The molecule has 1 fully saturated rings. The Kier molecular flexibility index (Phi) is 6.08. The fraction of sp³-hybridized carbons (Fsp3) is 0.304. The first-order valence-electron chi connectivity index (χ1n) is 10.3. The number of hydrogen-bond donors (Lipinski definition) is 1. The first-order chi connectivity index (χ1) is 15.0. The fourth-order valence-electron chi connectivity index (χ4n) is 3.69. The molecule has 2 aromatic carbocycles. The molecule has 0 aliphatic carbocycles. The van der Waals surface area contributed by atoms with Gasteiger partial charge in [0, 0.05) is 30.4 Å². The summed E-state index contributed by atoms with van der Waals surface area (Å²) in [5.41, 5.74) is 2.81. The maximum absolute atomic E-state index is 12.8. The zero-order valence-electron chi connectivity index (χ0n) is 17.7. The Morgan fingerprint density at radius 2 is 1.77 bits per heavy atom. The third-order valence-corrected chi connectivity index (χ3v) is 6.81. The topological polar surface area (TPSA) is 84.4 Å². The molecule has 8 heteroatoms. The van der Waals surface area contributed by atoms with E-state index in [1.807, 2.05) is 25.1 Å². The van der Waals surface area contributed by atoms with Gasteiger partial charge in [0.15, 0.2) is 5.82 Å². The minimum Gasteiger partial charge on any atom is -0.496 e. The number of aromatic nitrogens is 2. The third-order valence-electron chi connectivity index (χ3n) is 5.43. The van der Waals surface area contributed by atoms with E-state index in [1.165, 1.54) is 32.4 Å². The lowest BCUT2D eigenvalue weighted by atomic mass is 10.1. The third kappa shape index (κ3) is 4.80. The number of benzene rings is 2. The molecule has 0 spiro atoms. The Bertz CT molecular complexity index is 1160. The van der Waals surface area contributed by atoms with Crippen molar-refractivity contribution in [3.05, 3.63) is 60.2 Å². The van der Waals surface area contributed by atoms with E-state index in [4.69, 9.17) is 4.74 Å². The Morgan fingerprint density at radius 1 is 0.968 bits per heavy atom. The van der Waals surface area contributed by atoms with E-state index < -0.39 is 10.0 Å². The highest BCUT2D eigenvalue weighted by Crippen LogP contribution is 2.26. The van der Waals surface area contributed by atoms with Crippen LogP contribution in [-0.4, -0.2) is 38.8 Å². The predicted octanol–water partition coefficient (Wildman–Crippen LogP) is 4.25. The summed E-state index contributed by atoms with van der Waals surface area (Å²) in [6.45, 7) is 3.88. The molecule has 1 aromatic heterocycles. The van der Waals surface area contributed by atoms with Crippen LogP contribution in [0.15, 0.2) is 59.5 Å². The van der Waals surface area contributed by atoms with Gasteiger partial charge in [-0.15, -0.1) is 10.2 Å². The average molecular weight is 439 g/mol. The summed E-state index contributed by atoms with van der Waals surface area (Å²) in [6.07, 6.45) is 3.62. The molecule has 2 heterocycles. The Morgan fingerprint density at radius 3 is 2.48 bits per heavy atom. The van der Waals surface area contributed by atoms with E-state index in [0.717, 1.165) is 30.0 Å². The average Bonchev–Trinajstić information content (AvgIpc) is 2.80. The highest BCUT2D eigenvalue weighted by atomic mass is 32.2. The van der Waals surface area contributed by atoms with E-state index in [9.17, 15) is 8.42 Å². The molecule has 0 atom stereocenters. The van der Waals surface area contributed by atoms with Crippen LogP contribution in [0.4, 0.5) is 11.5 Å². The second-order valence-electron chi connectivity index (χ2n) is 7.64. The molecule has 1 saturated heterocycles. The van der Waals surface area contributed by atoms with Crippen LogP contribution in [-0.2, 0) is 10.0 Å². The Balaban J connectivity index is 1.54. The Hall–Kier alpha value is -3.13. The molecule has 0 saturated carbocycles. The van der Waals surface area contributed by atoms with E-state index in [1.54, 1.807) is 30.3 Å². The van der Waals surface area contributed by atoms with Crippen LogP contribution >= 0.6 is 0 Å². The van der Waals surface area contributed by atoms with Gasteiger partial charge in [-0.2, -0.15) is 0 Å². The van der Waals surface area contributed by atoms with Crippen LogP contribution in [0.5, 0.6) is 5.75 Å². The van der Waals surface area contributed by atoms with Crippen molar-refractivity contribution in [1.29, 1.82) is 0 Å². The summed E-state index contributed by atoms with van der Waals surface area (Å²) in [7, 11) is -2.23. The number of nitrogens with one attached hydrogen (secondary N) is 1. The first kappa shape index (κ1) is 21.1. The predicted molar refractivity (Wildman–Crippen MR) is 122 cm³/mol. The number of anilines is 2. The van der Waals surface area contributed by atoms with Crippen molar-refractivity contribution in [1.82, 2.24) is 10.2 Å². The van der Waals surface area contributed by atoms with E-state index >= 15 is 0 Å². The van der Waals surface area contributed by atoms with Gasteiger partial charge in [0.1, 0.15) is 5.75 Å². The van der Waals surface area contributed by atoms with Crippen LogP contribution in [0.1, 0.15) is 24.8 Å². The van der Waals surface area contributed by atoms with Gasteiger partial charge in [0.2, 0.25) is 0 Å². The first-order valence-corrected chi connectivity index (χ1v) is 11.8. The number of piperidine rings is 1. The normalized spacial score (nSPS) is 14.3. The number of nitrogens with zero attached hydrogens (tertiary/aromatic N) is 3. The van der Waals surface area contributed by atoms with Crippen molar-refractivity contribution in [2.45, 2.75) is 31.1 Å². The molecule has 1 N–H and O–H groups in total. The smallest absolute Gasteiger partial charge is 0.262 e. The minimum atomic E-state index is -3.76. The van der Waals surface area contributed by atoms with Crippen molar-refractivity contribution in [2.24, 2.45) is 0 Å². The van der Waals surface area contributed by atoms with Crippen LogP contribution in [0.25, 0.3) is 11.3 Å². The van der Waals surface area contributed by atoms with Crippen molar-refractivity contribution in [2.75, 3.05) is 29.8 Å². The molecule has 1 aliphatic heterocycles. The zero-order chi connectivity index (χ0) is 21.8. The molecule has 7 nitrogen and oxygen atoms in total. The number of hydrogen-bond acceptors (Lipinski definition) is 6. The lowest BCUT2D eigenvalue weighted by Crippen LogP contribution is -2.30. The molecule has 3 aromatic rings. The molecular formula is C23H26N4O3S. The Labute approximate surface area is 183 Å². The lowest BCUT2D eigenvalue weighted by Gasteiger charge is -2.27. The number of sulfonamides is 1. The molecule has 4 rings (SSSR count). The SMILES string of the molecule is COc1cc(S(=O)(=O)Nc2cccc(-c3ccc(N4CCCCC4)nn3)c2)ccc1C. The van der Waals surface area contributed by atoms with E-state index in [-0.39, 0.29) is 4.90 Å². The molecule has 0 bridgehead atoms. The van der Waals surface area contributed by atoms with Crippen LogP contribution in [0, 0.1) is 6.92 Å². The summed E-state index contributed by atoms with van der Waals surface area (Å²) in [5.74, 6) is 1.41. The van der Waals surface area contributed by atoms with Crippen molar-refractivity contribution in [3.63, 3.8) is 0 Å². The van der Waals surface area contributed by atoms with Crippen LogP contribution in [0.2, 0.25) is 0 Å². The van der Waals surface area contributed by atoms with Gasteiger partial charge in [-0.25, -0.2) is 8.42 Å². The second-order valence-corrected chi connectivity index (χ2v) is 9.32. The summed E-state index contributed by atoms with van der Waals surface area (Å²) >= 11 is 0. The number of methoxy groups -OCH3 is 1. The highest BCUT2D eigenvalue weighted by molar-refractivity contribution is 7.92. The van der Waals surface area contributed by atoms with E-state index in [2.05, 4.69) is 19.8 Å².